The van der Waals surface area contributed by atoms with Crippen LogP contribution in [0.4, 0.5) is 0 Å². The standard InChI is InChI=1S/C16H24N2O3/c1-4-10-17-16(20)12-18(13(2)19)11-9-14-5-7-15(21-3)8-6-14/h5-8H,4,9-12H2,1-3H3,(H,17,20). The van der Waals surface area contributed by atoms with E-state index in [-0.39, 0.29) is 18.4 Å². The first-order valence-corrected chi connectivity index (χ1v) is 7.22. The lowest BCUT2D eigenvalue weighted by molar-refractivity contribution is -0.134. The van der Waals surface area contributed by atoms with Crippen molar-refractivity contribution >= 4 is 11.8 Å². The highest BCUT2D eigenvalue weighted by Gasteiger charge is 2.13. The second-order valence-corrected chi connectivity index (χ2v) is 4.89. The third-order valence-electron chi connectivity index (χ3n) is 3.18. The zero-order chi connectivity index (χ0) is 15.7. The van der Waals surface area contributed by atoms with Gasteiger partial charge in [-0.2, -0.15) is 0 Å². The van der Waals surface area contributed by atoms with Gasteiger partial charge in [-0.1, -0.05) is 19.1 Å². The average molecular weight is 292 g/mol. The van der Waals surface area contributed by atoms with E-state index in [0.29, 0.717) is 19.5 Å². The molecule has 5 heteroatoms. The second-order valence-electron chi connectivity index (χ2n) is 4.89. The summed E-state index contributed by atoms with van der Waals surface area (Å²) >= 11 is 0. The van der Waals surface area contributed by atoms with E-state index in [1.807, 2.05) is 31.2 Å². The number of ether oxygens (including phenoxy) is 1. The van der Waals surface area contributed by atoms with Crippen LogP contribution in [-0.4, -0.2) is 43.5 Å². The van der Waals surface area contributed by atoms with Crippen molar-refractivity contribution in [2.45, 2.75) is 26.7 Å². The summed E-state index contributed by atoms with van der Waals surface area (Å²) in [6.45, 7) is 4.77. The first kappa shape index (κ1) is 17.0. The summed E-state index contributed by atoms with van der Waals surface area (Å²) in [6.07, 6.45) is 1.60. The Morgan fingerprint density at radius 1 is 1.24 bits per heavy atom. The molecule has 0 aliphatic rings. The Morgan fingerprint density at radius 2 is 1.90 bits per heavy atom. The number of nitrogens with one attached hydrogen (secondary N) is 1. The van der Waals surface area contributed by atoms with E-state index >= 15 is 0 Å². The summed E-state index contributed by atoms with van der Waals surface area (Å²) in [4.78, 5) is 24.9. The SMILES string of the molecule is CCCNC(=O)CN(CCc1ccc(OC)cc1)C(C)=O. The zero-order valence-corrected chi connectivity index (χ0v) is 13.0. The summed E-state index contributed by atoms with van der Waals surface area (Å²) in [6, 6.07) is 7.71. The van der Waals surface area contributed by atoms with Gasteiger partial charge in [0.25, 0.3) is 0 Å². The minimum absolute atomic E-state index is 0.0878. The monoisotopic (exact) mass is 292 g/mol. The number of carbonyl (C=O) groups is 2. The molecular weight excluding hydrogens is 268 g/mol. The Bertz CT molecular complexity index is 457. The topological polar surface area (TPSA) is 58.6 Å². The third kappa shape index (κ3) is 6.29. The number of nitrogens with zero attached hydrogens (tertiary/aromatic N) is 1. The minimum atomic E-state index is -0.109. The van der Waals surface area contributed by atoms with Crippen LogP contribution in [0.5, 0.6) is 5.75 Å². The Labute approximate surface area is 126 Å². The van der Waals surface area contributed by atoms with Crippen molar-refractivity contribution < 1.29 is 14.3 Å². The van der Waals surface area contributed by atoms with Gasteiger partial charge in [-0.15, -0.1) is 0 Å². The first-order chi connectivity index (χ1) is 10.1. The average Bonchev–Trinajstić information content (AvgIpc) is 2.49. The van der Waals surface area contributed by atoms with E-state index in [4.69, 9.17) is 4.74 Å². The van der Waals surface area contributed by atoms with Crippen LogP contribution in [0.1, 0.15) is 25.8 Å². The molecule has 0 radical (unpaired) electrons. The van der Waals surface area contributed by atoms with Gasteiger partial charge in [-0.3, -0.25) is 9.59 Å². The number of rotatable bonds is 8. The van der Waals surface area contributed by atoms with E-state index < -0.39 is 0 Å². The molecule has 0 saturated heterocycles. The maximum absolute atomic E-state index is 11.7. The fraction of sp³-hybridized carbons (Fsp3) is 0.500. The molecule has 2 amide bonds. The molecule has 0 saturated carbocycles. The lowest BCUT2D eigenvalue weighted by atomic mass is 10.1. The van der Waals surface area contributed by atoms with E-state index in [2.05, 4.69) is 5.32 Å². The molecule has 0 unspecified atom stereocenters. The third-order valence-corrected chi connectivity index (χ3v) is 3.18. The molecule has 1 aromatic rings. The molecule has 1 aromatic carbocycles. The second kappa shape index (κ2) is 9.00. The van der Waals surface area contributed by atoms with Gasteiger partial charge in [0.2, 0.25) is 11.8 Å². The highest BCUT2D eigenvalue weighted by atomic mass is 16.5. The zero-order valence-electron chi connectivity index (χ0n) is 13.0. The molecule has 0 fully saturated rings. The molecule has 0 aromatic heterocycles. The Morgan fingerprint density at radius 3 is 2.43 bits per heavy atom. The van der Waals surface area contributed by atoms with Crippen LogP contribution in [0.25, 0.3) is 0 Å². The molecule has 0 aliphatic carbocycles. The maximum atomic E-state index is 11.7. The number of carbonyl (C=O) groups excluding carboxylic acids is 2. The molecule has 0 aliphatic heterocycles. The Balaban J connectivity index is 2.50. The van der Waals surface area contributed by atoms with Crippen molar-refractivity contribution in [2.75, 3.05) is 26.7 Å². The number of hydrogen-bond acceptors (Lipinski definition) is 3. The highest BCUT2D eigenvalue weighted by Crippen LogP contribution is 2.12. The van der Waals surface area contributed by atoms with Crippen molar-refractivity contribution in [3.8, 4) is 5.75 Å². The van der Waals surface area contributed by atoms with Crippen molar-refractivity contribution in [3.63, 3.8) is 0 Å². The van der Waals surface area contributed by atoms with Gasteiger partial charge in [0.15, 0.2) is 0 Å². The summed E-state index contributed by atoms with van der Waals surface area (Å²) < 4.78 is 5.11. The van der Waals surface area contributed by atoms with Gasteiger partial charge in [-0.25, -0.2) is 0 Å². The van der Waals surface area contributed by atoms with Crippen LogP contribution in [0.15, 0.2) is 24.3 Å². The summed E-state index contributed by atoms with van der Waals surface area (Å²) in [5.74, 6) is 0.609. The molecule has 0 bridgehead atoms. The smallest absolute Gasteiger partial charge is 0.239 e. The van der Waals surface area contributed by atoms with Crippen LogP contribution in [-0.2, 0) is 16.0 Å². The van der Waals surface area contributed by atoms with Gasteiger partial charge < -0.3 is 15.0 Å². The van der Waals surface area contributed by atoms with Crippen LogP contribution in [0, 0.1) is 0 Å². The number of amides is 2. The van der Waals surface area contributed by atoms with E-state index in [1.165, 1.54) is 6.92 Å². The van der Waals surface area contributed by atoms with Crippen molar-refractivity contribution in [1.29, 1.82) is 0 Å². The molecule has 0 spiro atoms. The molecule has 5 nitrogen and oxygen atoms in total. The number of hydrogen-bond donors (Lipinski definition) is 1. The Kier molecular flexibility index (Phi) is 7.29. The van der Waals surface area contributed by atoms with E-state index in [9.17, 15) is 9.59 Å². The maximum Gasteiger partial charge on any atom is 0.239 e. The van der Waals surface area contributed by atoms with Crippen molar-refractivity contribution in [1.82, 2.24) is 10.2 Å². The fourth-order valence-corrected chi connectivity index (χ4v) is 1.90. The van der Waals surface area contributed by atoms with Crippen LogP contribution < -0.4 is 10.1 Å². The van der Waals surface area contributed by atoms with Crippen molar-refractivity contribution in [2.24, 2.45) is 0 Å². The molecule has 1 N–H and O–H groups in total. The first-order valence-electron chi connectivity index (χ1n) is 7.22. The van der Waals surface area contributed by atoms with Crippen LogP contribution >= 0.6 is 0 Å². The normalized spacial score (nSPS) is 10.0. The Hall–Kier alpha value is -2.04. The molecular formula is C16H24N2O3. The number of benzene rings is 1. The lowest BCUT2D eigenvalue weighted by Gasteiger charge is -2.20. The van der Waals surface area contributed by atoms with Crippen LogP contribution in [0.2, 0.25) is 0 Å². The summed E-state index contributed by atoms with van der Waals surface area (Å²) in [5.41, 5.74) is 1.11. The predicted octanol–water partition coefficient (Wildman–Crippen LogP) is 1.61. The fourth-order valence-electron chi connectivity index (χ4n) is 1.90. The van der Waals surface area contributed by atoms with Gasteiger partial charge in [0.05, 0.1) is 13.7 Å². The van der Waals surface area contributed by atoms with Crippen LogP contribution in [0.3, 0.4) is 0 Å². The summed E-state index contributed by atoms with van der Waals surface area (Å²) in [7, 11) is 1.63. The van der Waals surface area contributed by atoms with E-state index in [0.717, 1.165) is 17.7 Å². The molecule has 116 valence electrons. The molecule has 1 rings (SSSR count). The highest BCUT2D eigenvalue weighted by molar-refractivity contribution is 5.83. The number of methoxy groups -OCH3 is 1. The quantitative estimate of drug-likeness (QED) is 0.792. The van der Waals surface area contributed by atoms with Gasteiger partial charge in [0.1, 0.15) is 5.75 Å². The lowest BCUT2D eigenvalue weighted by Crippen LogP contribution is -2.40. The van der Waals surface area contributed by atoms with Crippen molar-refractivity contribution in [3.05, 3.63) is 29.8 Å². The molecule has 21 heavy (non-hydrogen) atoms. The minimum Gasteiger partial charge on any atom is -0.497 e. The summed E-state index contributed by atoms with van der Waals surface area (Å²) in [5, 5.41) is 2.78. The largest absolute Gasteiger partial charge is 0.497 e. The predicted molar refractivity (Wildman–Crippen MR) is 82.3 cm³/mol. The molecule has 0 heterocycles. The van der Waals surface area contributed by atoms with Gasteiger partial charge in [-0.05, 0) is 30.5 Å². The van der Waals surface area contributed by atoms with Gasteiger partial charge in [0, 0.05) is 20.0 Å². The van der Waals surface area contributed by atoms with Gasteiger partial charge >= 0.3 is 0 Å². The van der Waals surface area contributed by atoms with E-state index in [1.54, 1.807) is 12.0 Å². The molecule has 0 atom stereocenters.